The summed E-state index contributed by atoms with van der Waals surface area (Å²) in [7, 11) is 0. The number of dihydropyridines is 1. The van der Waals surface area contributed by atoms with Crippen LogP contribution >= 0.6 is 0 Å². The molecule has 2 aliphatic rings. The van der Waals surface area contributed by atoms with Crippen molar-refractivity contribution >= 4 is 11.8 Å². The van der Waals surface area contributed by atoms with Gasteiger partial charge in [-0.1, -0.05) is 19.9 Å². The fourth-order valence-electron chi connectivity index (χ4n) is 4.96. The Morgan fingerprint density at radius 1 is 1.27 bits per heavy atom. The monoisotopic (exact) mass is 448 g/mol. The van der Waals surface area contributed by atoms with E-state index < -0.39 is 0 Å². The van der Waals surface area contributed by atoms with Crippen molar-refractivity contribution in [1.29, 1.82) is 0 Å². The summed E-state index contributed by atoms with van der Waals surface area (Å²) < 4.78 is 7.21. The number of ether oxygens (including phenoxy) is 1. The Labute approximate surface area is 194 Å². The zero-order valence-corrected chi connectivity index (χ0v) is 19.6. The maximum atomic E-state index is 13.4. The highest BCUT2D eigenvalue weighted by atomic mass is 16.5. The Kier molecular flexibility index (Phi) is 6.77. The number of nitrogens with one attached hydrogen (secondary N) is 1. The van der Waals surface area contributed by atoms with Gasteiger partial charge in [0, 0.05) is 60.6 Å². The zero-order chi connectivity index (χ0) is 23.4. The summed E-state index contributed by atoms with van der Waals surface area (Å²) in [6.07, 6.45) is 10.3. The van der Waals surface area contributed by atoms with E-state index in [1.807, 2.05) is 36.0 Å². The first kappa shape index (κ1) is 23.0. The molecule has 1 aliphatic heterocycles. The third kappa shape index (κ3) is 5.24. The fourth-order valence-corrected chi connectivity index (χ4v) is 4.96. The van der Waals surface area contributed by atoms with Crippen molar-refractivity contribution < 1.29 is 14.3 Å². The van der Waals surface area contributed by atoms with E-state index in [-0.39, 0.29) is 29.5 Å². The van der Waals surface area contributed by atoms with Crippen molar-refractivity contribution in [2.45, 2.75) is 65.3 Å². The van der Waals surface area contributed by atoms with Gasteiger partial charge in [0.05, 0.1) is 13.0 Å². The van der Waals surface area contributed by atoms with E-state index in [0.717, 1.165) is 53.9 Å². The van der Waals surface area contributed by atoms with Crippen LogP contribution in [-0.4, -0.2) is 33.1 Å². The number of Topliss-reactive ketones (excluding diaryl/α,β-unsaturated/α-hetero) is 1. The molecule has 0 saturated heterocycles. The molecule has 1 aliphatic carbocycles. The molecule has 2 aromatic heterocycles. The molecule has 0 bridgehead atoms. The van der Waals surface area contributed by atoms with Gasteiger partial charge in [-0.2, -0.15) is 5.10 Å². The molecule has 1 N–H and O–H groups in total. The summed E-state index contributed by atoms with van der Waals surface area (Å²) >= 11 is 0. The van der Waals surface area contributed by atoms with Gasteiger partial charge in [0.15, 0.2) is 5.78 Å². The fraction of sp³-hybridized carbons (Fsp3) is 0.462. The van der Waals surface area contributed by atoms with Gasteiger partial charge >= 0.3 is 5.97 Å². The highest BCUT2D eigenvalue weighted by molar-refractivity contribution is 6.00. The Hall–Kier alpha value is -3.22. The average Bonchev–Trinajstić information content (AvgIpc) is 3.28. The van der Waals surface area contributed by atoms with Crippen LogP contribution in [0, 0.1) is 5.41 Å². The highest BCUT2D eigenvalue weighted by Gasteiger charge is 2.41. The third-order valence-corrected chi connectivity index (χ3v) is 6.28. The number of carbonyl (C=O) groups is 2. The molecule has 1 unspecified atom stereocenters. The lowest BCUT2D eigenvalue weighted by Crippen LogP contribution is -2.38. The van der Waals surface area contributed by atoms with Gasteiger partial charge in [-0.15, -0.1) is 0 Å². The molecule has 3 heterocycles. The second kappa shape index (κ2) is 9.73. The van der Waals surface area contributed by atoms with E-state index in [1.165, 1.54) is 0 Å². The van der Waals surface area contributed by atoms with Crippen LogP contribution < -0.4 is 5.32 Å². The van der Waals surface area contributed by atoms with Gasteiger partial charge < -0.3 is 10.1 Å². The lowest BCUT2D eigenvalue weighted by atomic mass is 9.68. The van der Waals surface area contributed by atoms with E-state index in [9.17, 15) is 9.59 Å². The van der Waals surface area contributed by atoms with Crippen molar-refractivity contribution in [3.63, 3.8) is 0 Å². The van der Waals surface area contributed by atoms with Gasteiger partial charge in [0.25, 0.3) is 0 Å². The van der Waals surface area contributed by atoms with Gasteiger partial charge in [0.1, 0.15) is 0 Å². The molecular formula is C26H32N4O3. The molecule has 174 valence electrons. The van der Waals surface area contributed by atoms with E-state index in [1.54, 1.807) is 18.6 Å². The van der Waals surface area contributed by atoms with Crippen LogP contribution in [0.25, 0.3) is 0 Å². The molecule has 0 aromatic carbocycles. The number of hydrogen-bond donors (Lipinski definition) is 1. The molecule has 0 saturated carbocycles. The van der Waals surface area contributed by atoms with E-state index in [4.69, 9.17) is 4.74 Å². The van der Waals surface area contributed by atoms with Gasteiger partial charge in [0.2, 0.25) is 0 Å². The predicted octanol–water partition coefficient (Wildman–Crippen LogP) is 4.30. The van der Waals surface area contributed by atoms with Crippen molar-refractivity contribution in [3.8, 4) is 0 Å². The van der Waals surface area contributed by atoms with Crippen LogP contribution in [0.3, 0.4) is 0 Å². The smallest absolute Gasteiger partial charge is 0.310 e. The number of hydrogen-bond acceptors (Lipinski definition) is 6. The lowest BCUT2D eigenvalue weighted by Gasteiger charge is -2.40. The first-order valence-corrected chi connectivity index (χ1v) is 11.7. The van der Waals surface area contributed by atoms with Gasteiger partial charge in [-0.3, -0.25) is 19.3 Å². The molecule has 0 spiro atoms. The molecule has 1 atom stereocenters. The normalized spacial score (nSPS) is 19.8. The number of nitrogens with zero attached hydrogens (tertiary/aromatic N) is 3. The Bertz CT molecular complexity index is 1070. The second-order valence-corrected chi connectivity index (χ2v) is 9.54. The molecule has 0 fully saturated rings. The molecule has 0 radical (unpaired) electrons. The van der Waals surface area contributed by atoms with E-state index in [2.05, 4.69) is 29.2 Å². The third-order valence-electron chi connectivity index (χ3n) is 6.28. The van der Waals surface area contributed by atoms with Crippen molar-refractivity contribution in [2.24, 2.45) is 5.41 Å². The summed E-state index contributed by atoms with van der Waals surface area (Å²) in [5, 5.41) is 7.89. The van der Waals surface area contributed by atoms with Crippen LogP contribution in [0.1, 0.15) is 64.4 Å². The average molecular weight is 449 g/mol. The molecular weight excluding hydrogens is 416 g/mol. The number of pyridine rings is 1. The Morgan fingerprint density at radius 3 is 2.82 bits per heavy atom. The summed E-state index contributed by atoms with van der Waals surface area (Å²) in [5.74, 6) is -0.428. The number of allylic oxidation sites excluding steroid dienone is 3. The standard InChI is InChI=1S/C26H32N4O3/c1-4-33-23(32)14-19-20(9-6-12-30-13-7-11-28-30)29-21-15-26(2,3)16-22(31)25(21)24(19)18-8-5-10-27-17-18/h5,7-8,10-11,13,17,24,29H,4,6,9,12,14-16H2,1-3H3. The second-order valence-electron chi connectivity index (χ2n) is 9.54. The van der Waals surface area contributed by atoms with Crippen molar-refractivity contribution in [2.75, 3.05) is 6.61 Å². The summed E-state index contributed by atoms with van der Waals surface area (Å²) in [6.45, 7) is 7.17. The summed E-state index contributed by atoms with van der Waals surface area (Å²) in [6, 6.07) is 5.79. The van der Waals surface area contributed by atoms with E-state index in [0.29, 0.717) is 13.0 Å². The number of carbonyl (C=O) groups excluding carboxylic acids is 2. The molecule has 7 heteroatoms. The van der Waals surface area contributed by atoms with E-state index >= 15 is 0 Å². The van der Waals surface area contributed by atoms with Crippen LogP contribution in [0.4, 0.5) is 0 Å². The Balaban J connectivity index is 1.74. The summed E-state index contributed by atoms with van der Waals surface area (Å²) in [5.41, 5.74) is 4.50. The SMILES string of the molecule is CCOC(=O)CC1=C(CCCn2cccn2)NC2=C(C(=O)CC(C)(C)C2)C1c1cccnc1. The lowest BCUT2D eigenvalue weighted by molar-refractivity contribution is -0.142. The highest BCUT2D eigenvalue weighted by Crippen LogP contribution is 2.47. The maximum absolute atomic E-state index is 13.4. The maximum Gasteiger partial charge on any atom is 0.310 e. The first-order valence-electron chi connectivity index (χ1n) is 11.7. The molecule has 2 aromatic rings. The number of esters is 1. The molecule has 33 heavy (non-hydrogen) atoms. The number of ketones is 1. The minimum absolute atomic E-state index is 0.110. The summed E-state index contributed by atoms with van der Waals surface area (Å²) in [4.78, 5) is 30.3. The molecule has 7 nitrogen and oxygen atoms in total. The number of aryl methyl sites for hydroxylation is 1. The van der Waals surface area contributed by atoms with Crippen LogP contribution in [0.15, 0.2) is 65.5 Å². The van der Waals surface area contributed by atoms with Gasteiger partial charge in [-0.25, -0.2) is 0 Å². The topological polar surface area (TPSA) is 86.1 Å². The van der Waals surface area contributed by atoms with Gasteiger partial charge in [-0.05, 0) is 54.9 Å². The Morgan fingerprint density at radius 2 is 2.12 bits per heavy atom. The van der Waals surface area contributed by atoms with Crippen LogP contribution in [0.5, 0.6) is 0 Å². The molecule has 4 rings (SSSR count). The van der Waals surface area contributed by atoms with Crippen LogP contribution in [0.2, 0.25) is 0 Å². The first-order chi connectivity index (χ1) is 15.9. The van der Waals surface area contributed by atoms with Crippen molar-refractivity contribution in [3.05, 3.63) is 71.1 Å². The minimum Gasteiger partial charge on any atom is -0.466 e. The van der Waals surface area contributed by atoms with Crippen molar-refractivity contribution in [1.82, 2.24) is 20.1 Å². The quantitative estimate of drug-likeness (QED) is 0.606. The number of rotatable bonds is 8. The predicted molar refractivity (Wildman–Crippen MR) is 125 cm³/mol. The van der Waals surface area contributed by atoms with Crippen LogP contribution in [-0.2, 0) is 20.9 Å². The number of aromatic nitrogens is 3. The largest absolute Gasteiger partial charge is 0.466 e. The molecule has 0 amide bonds. The zero-order valence-electron chi connectivity index (χ0n) is 19.6. The minimum atomic E-state index is -0.289.